The maximum Gasteiger partial charge on any atom is 0.251 e. The van der Waals surface area contributed by atoms with Crippen molar-refractivity contribution in [1.82, 2.24) is 13.4 Å². The highest BCUT2D eigenvalue weighted by molar-refractivity contribution is 7.89. The molecule has 0 unspecified atom stereocenters. The van der Waals surface area contributed by atoms with E-state index in [0.717, 1.165) is 29.8 Å². The number of halogens is 1. The fraction of sp³-hybridized carbons (Fsp3) is 0.333. The molecule has 0 bridgehead atoms. The van der Waals surface area contributed by atoms with Gasteiger partial charge in [-0.25, -0.2) is 8.42 Å². The summed E-state index contributed by atoms with van der Waals surface area (Å²) in [5.41, 5.74) is 2.86. The SMILES string of the molecule is Cc1cc(C(=O)Cn2cc(S(=O)(=O)N3CCCC3)ccc2=O)c(C)n1Cc1ccc(Cl)cc1. The van der Waals surface area contributed by atoms with Gasteiger partial charge in [0.2, 0.25) is 10.0 Å². The molecule has 0 N–H and O–H groups in total. The summed E-state index contributed by atoms with van der Waals surface area (Å²) in [4.78, 5) is 25.5. The lowest BCUT2D eigenvalue weighted by atomic mass is 10.1. The van der Waals surface area contributed by atoms with Crippen molar-refractivity contribution in [3.63, 3.8) is 0 Å². The Hall–Kier alpha value is -2.68. The number of sulfonamides is 1. The summed E-state index contributed by atoms with van der Waals surface area (Å²) < 4.78 is 30.4. The van der Waals surface area contributed by atoms with Crippen molar-refractivity contribution in [3.05, 3.63) is 86.6 Å². The molecule has 9 heteroatoms. The molecule has 33 heavy (non-hydrogen) atoms. The van der Waals surface area contributed by atoms with Gasteiger partial charge in [0.05, 0.1) is 11.4 Å². The third-order valence-electron chi connectivity index (χ3n) is 6.10. The van der Waals surface area contributed by atoms with E-state index in [2.05, 4.69) is 0 Å². The number of nitrogens with zero attached hydrogens (tertiary/aromatic N) is 3. The van der Waals surface area contributed by atoms with Gasteiger partial charge in [-0.3, -0.25) is 9.59 Å². The number of rotatable bonds is 7. The quantitative estimate of drug-likeness (QED) is 0.476. The van der Waals surface area contributed by atoms with E-state index in [1.54, 1.807) is 0 Å². The van der Waals surface area contributed by atoms with E-state index in [0.29, 0.717) is 30.2 Å². The standard InChI is InChI=1S/C24H26ClN3O4S/c1-17-13-22(18(2)28(17)14-19-5-7-20(25)8-6-19)23(29)16-26-15-21(9-10-24(26)30)33(31,32)27-11-3-4-12-27/h5-10,13,15H,3-4,11-12,14,16H2,1-2H3. The Balaban J connectivity index is 1.59. The zero-order valence-electron chi connectivity index (χ0n) is 18.6. The van der Waals surface area contributed by atoms with Crippen LogP contribution < -0.4 is 5.56 Å². The monoisotopic (exact) mass is 487 g/mol. The van der Waals surface area contributed by atoms with Crippen LogP contribution in [0, 0.1) is 13.8 Å². The second-order valence-electron chi connectivity index (χ2n) is 8.36. The van der Waals surface area contributed by atoms with Gasteiger partial charge >= 0.3 is 0 Å². The normalized spacial score (nSPS) is 14.6. The Labute approximate surface area is 198 Å². The Morgan fingerprint density at radius 2 is 1.70 bits per heavy atom. The molecule has 3 heterocycles. The van der Waals surface area contributed by atoms with Crippen molar-refractivity contribution in [2.45, 2.75) is 44.7 Å². The van der Waals surface area contributed by atoms with E-state index in [-0.39, 0.29) is 17.2 Å². The third-order valence-corrected chi connectivity index (χ3v) is 8.24. The molecular formula is C24H26ClN3O4S. The molecule has 174 valence electrons. The Bertz CT molecular complexity index is 1350. The van der Waals surface area contributed by atoms with Crippen molar-refractivity contribution in [2.75, 3.05) is 13.1 Å². The molecule has 1 aliphatic rings. The number of pyridine rings is 1. The van der Waals surface area contributed by atoms with Gasteiger partial charge in [-0.15, -0.1) is 0 Å². The van der Waals surface area contributed by atoms with E-state index < -0.39 is 15.6 Å². The minimum atomic E-state index is -3.68. The third kappa shape index (κ3) is 4.83. The van der Waals surface area contributed by atoms with Gasteiger partial charge < -0.3 is 9.13 Å². The number of carbonyl (C=O) groups excluding carboxylic acids is 1. The molecule has 1 fully saturated rings. The summed E-state index contributed by atoms with van der Waals surface area (Å²) in [6.07, 6.45) is 2.92. The second-order valence-corrected chi connectivity index (χ2v) is 10.7. The van der Waals surface area contributed by atoms with Crippen LogP contribution in [0.15, 0.2) is 58.4 Å². The second kappa shape index (κ2) is 9.29. The summed E-state index contributed by atoms with van der Waals surface area (Å²) in [5.74, 6) is -0.247. The van der Waals surface area contributed by atoms with Crippen molar-refractivity contribution in [3.8, 4) is 0 Å². The number of benzene rings is 1. The van der Waals surface area contributed by atoms with Crippen LogP contribution in [0.4, 0.5) is 0 Å². The predicted molar refractivity (Wildman–Crippen MR) is 127 cm³/mol. The highest BCUT2D eigenvalue weighted by Gasteiger charge is 2.28. The molecule has 1 saturated heterocycles. The molecule has 0 atom stereocenters. The maximum atomic E-state index is 13.1. The van der Waals surface area contributed by atoms with Crippen LogP contribution in [0.5, 0.6) is 0 Å². The summed E-state index contributed by atoms with van der Waals surface area (Å²) in [6, 6.07) is 11.9. The van der Waals surface area contributed by atoms with Crippen LogP contribution in [0.25, 0.3) is 0 Å². The molecule has 0 radical (unpaired) electrons. The molecular weight excluding hydrogens is 462 g/mol. The van der Waals surface area contributed by atoms with Crippen LogP contribution in [-0.2, 0) is 23.1 Å². The van der Waals surface area contributed by atoms with E-state index in [9.17, 15) is 18.0 Å². The number of hydrogen-bond donors (Lipinski definition) is 0. The molecule has 4 rings (SSSR count). The minimum absolute atomic E-state index is 0.0324. The van der Waals surface area contributed by atoms with Gasteiger partial charge in [0.15, 0.2) is 5.78 Å². The van der Waals surface area contributed by atoms with Crippen LogP contribution in [0.1, 0.15) is 40.2 Å². The lowest BCUT2D eigenvalue weighted by molar-refractivity contribution is 0.0969. The largest absolute Gasteiger partial charge is 0.344 e. The first kappa shape index (κ1) is 23.5. The molecule has 3 aromatic rings. The average Bonchev–Trinajstić information content (AvgIpc) is 3.42. The maximum absolute atomic E-state index is 13.1. The predicted octanol–water partition coefficient (Wildman–Crippen LogP) is 3.64. The van der Waals surface area contributed by atoms with E-state index in [1.807, 2.05) is 48.7 Å². The molecule has 0 spiro atoms. The van der Waals surface area contributed by atoms with Crippen molar-refractivity contribution >= 4 is 27.4 Å². The smallest absolute Gasteiger partial charge is 0.251 e. The first-order valence-corrected chi connectivity index (χ1v) is 12.6. The van der Waals surface area contributed by atoms with E-state index >= 15 is 0 Å². The van der Waals surface area contributed by atoms with Crippen molar-refractivity contribution in [1.29, 1.82) is 0 Å². The molecule has 1 aromatic carbocycles. The first-order valence-electron chi connectivity index (χ1n) is 10.8. The lowest BCUT2D eigenvalue weighted by Crippen LogP contribution is -2.30. The van der Waals surface area contributed by atoms with Crippen LogP contribution in [0.3, 0.4) is 0 Å². The van der Waals surface area contributed by atoms with Gasteiger partial charge in [0, 0.05) is 53.9 Å². The lowest BCUT2D eigenvalue weighted by Gasteiger charge is -2.16. The van der Waals surface area contributed by atoms with Crippen LogP contribution >= 0.6 is 11.6 Å². The molecule has 0 amide bonds. The Morgan fingerprint density at radius 1 is 1.03 bits per heavy atom. The van der Waals surface area contributed by atoms with Gasteiger partial charge in [0.1, 0.15) is 0 Å². The highest BCUT2D eigenvalue weighted by atomic mass is 35.5. The molecule has 0 saturated carbocycles. The van der Waals surface area contributed by atoms with Crippen molar-refractivity contribution in [2.24, 2.45) is 0 Å². The number of aromatic nitrogens is 2. The van der Waals surface area contributed by atoms with Crippen LogP contribution in [-0.4, -0.2) is 40.7 Å². The molecule has 2 aromatic heterocycles. The topological polar surface area (TPSA) is 81.4 Å². The number of ketones is 1. The minimum Gasteiger partial charge on any atom is -0.344 e. The zero-order chi connectivity index (χ0) is 23.8. The summed E-state index contributed by atoms with van der Waals surface area (Å²) >= 11 is 5.97. The van der Waals surface area contributed by atoms with Crippen LogP contribution in [0.2, 0.25) is 5.02 Å². The molecule has 0 aliphatic carbocycles. The van der Waals surface area contributed by atoms with Gasteiger partial charge in [0.25, 0.3) is 5.56 Å². The highest BCUT2D eigenvalue weighted by Crippen LogP contribution is 2.21. The molecule has 1 aliphatic heterocycles. The summed E-state index contributed by atoms with van der Waals surface area (Å²) in [7, 11) is -3.68. The molecule has 7 nitrogen and oxygen atoms in total. The number of carbonyl (C=O) groups is 1. The van der Waals surface area contributed by atoms with E-state index in [4.69, 9.17) is 11.6 Å². The zero-order valence-corrected chi connectivity index (χ0v) is 20.2. The van der Waals surface area contributed by atoms with Gasteiger partial charge in [-0.2, -0.15) is 4.31 Å². The summed E-state index contributed by atoms with van der Waals surface area (Å²) in [5, 5.41) is 0.662. The number of hydrogen-bond acceptors (Lipinski definition) is 4. The van der Waals surface area contributed by atoms with Gasteiger partial charge in [-0.1, -0.05) is 23.7 Å². The first-order chi connectivity index (χ1) is 15.7. The Kier molecular flexibility index (Phi) is 6.61. The Morgan fingerprint density at radius 3 is 2.36 bits per heavy atom. The van der Waals surface area contributed by atoms with E-state index in [1.165, 1.54) is 27.2 Å². The summed E-state index contributed by atoms with van der Waals surface area (Å²) in [6.45, 7) is 5.10. The number of Topliss-reactive ketones (excluding diaryl/α,β-unsaturated/α-hetero) is 1. The van der Waals surface area contributed by atoms with Gasteiger partial charge in [-0.05, 0) is 56.5 Å². The number of aryl methyl sites for hydroxylation is 1. The fourth-order valence-electron chi connectivity index (χ4n) is 4.20. The average molecular weight is 488 g/mol. The van der Waals surface area contributed by atoms with Crippen molar-refractivity contribution < 1.29 is 13.2 Å². The fourth-order valence-corrected chi connectivity index (χ4v) is 5.87.